The lowest BCUT2D eigenvalue weighted by atomic mass is 10.1. The minimum atomic E-state index is 0. The number of piperidine rings is 1. The largest absolute Gasteiger partial charge is 0.363 e. The number of guanidine groups is 1. The molecule has 0 atom stereocenters. The van der Waals surface area contributed by atoms with Crippen molar-refractivity contribution < 1.29 is 0 Å². The second-order valence-electron chi connectivity index (χ2n) is 6.99. The molecule has 0 unspecified atom stereocenters. The van der Waals surface area contributed by atoms with Crippen LogP contribution in [0.3, 0.4) is 0 Å². The maximum Gasteiger partial charge on any atom is 0.191 e. The molecule has 0 radical (unpaired) electrons. The fourth-order valence-electron chi connectivity index (χ4n) is 3.85. The van der Waals surface area contributed by atoms with E-state index < -0.39 is 0 Å². The van der Waals surface area contributed by atoms with Gasteiger partial charge >= 0.3 is 0 Å². The van der Waals surface area contributed by atoms with Crippen LogP contribution in [0.2, 0.25) is 0 Å². The van der Waals surface area contributed by atoms with E-state index in [1.807, 2.05) is 30.1 Å². The number of hydrogen-bond acceptors (Lipinski definition) is 4. The molecule has 3 heterocycles. The molecular weight excluding hydrogens is 483 g/mol. The van der Waals surface area contributed by atoms with Gasteiger partial charge in [0.25, 0.3) is 0 Å². The van der Waals surface area contributed by atoms with Crippen LogP contribution in [0.4, 0.5) is 5.00 Å². The van der Waals surface area contributed by atoms with Crippen molar-refractivity contribution in [1.29, 1.82) is 0 Å². The van der Waals surface area contributed by atoms with Gasteiger partial charge in [-0.15, -0.1) is 35.3 Å². The summed E-state index contributed by atoms with van der Waals surface area (Å²) in [5.74, 6) is 0.887. The molecule has 3 rings (SSSR count). The molecule has 2 aromatic rings. The average molecular weight is 516 g/mol. The van der Waals surface area contributed by atoms with E-state index in [-0.39, 0.29) is 24.0 Å². The third-order valence-electron chi connectivity index (χ3n) is 5.34. The fourth-order valence-corrected chi connectivity index (χ4v) is 4.63. The monoisotopic (exact) mass is 516 g/mol. The maximum atomic E-state index is 4.66. The molecule has 1 aliphatic rings. The Morgan fingerprint density at radius 2 is 2.04 bits per heavy atom. The third-order valence-corrected chi connectivity index (χ3v) is 6.27. The highest BCUT2D eigenvalue weighted by atomic mass is 127. The topological polar surface area (TPSA) is 57.5 Å². The number of halogens is 1. The first-order valence-corrected chi connectivity index (χ1v) is 10.8. The summed E-state index contributed by atoms with van der Waals surface area (Å²) >= 11 is 1.83. The third kappa shape index (κ3) is 5.40. The minimum Gasteiger partial charge on any atom is -0.363 e. The summed E-state index contributed by atoms with van der Waals surface area (Å²) in [6.07, 6.45) is 4.21. The van der Waals surface area contributed by atoms with Crippen LogP contribution in [-0.2, 0) is 26.4 Å². The highest BCUT2D eigenvalue weighted by Gasteiger charge is 2.21. The lowest BCUT2D eigenvalue weighted by molar-refractivity contribution is 0.462. The van der Waals surface area contributed by atoms with Gasteiger partial charge in [-0.1, -0.05) is 13.8 Å². The zero-order valence-electron chi connectivity index (χ0n) is 17.4. The quantitative estimate of drug-likeness (QED) is 0.350. The summed E-state index contributed by atoms with van der Waals surface area (Å²) < 4.78 is 2.02. The first-order chi connectivity index (χ1) is 13.2. The molecule has 1 fully saturated rings. The average Bonchev–Trinajstić information content (AvgIpc) is 3.33. The van der Waals surface area contributed by atoms with Crippen LogP contribution in [-0.4, -0.2) is 41.9 Å². The first-order valence-electron chi connectivity index (χ1n) is 9.95. The summed E-state index contributed by atoms with van der Waals surface area (Å²) in [7, 11) is 3.89. The molecule has 6 nitrogen and oxygen atoms in total. The maximum absolute atomic E-state index is 4.66. The van der Waals surface area contributed by atoms with Gasteiger partial charge in [-0.2, -0.15) is 5.10 Å². The SMILES string of the molecule is CCc1nn(C)c(CC)c1CNC(=NC)NC1CCN(c2cccs2)CC1.I. The number of nitrogens with zero attached hydrogens (tertiary/aromatic N) is 4. The Bertz CT molecular complexity index is 747. The van der Waals surface area contributed by atoms with Crippen molar-refractivity contribution >= 4 is 46.3 Å². The van der Waals surface area contributed by atoms with E-state index in [9.17, 15) is 0 Å². The number of aliphatic imine (C=N–C) groups is 1. The number of rotatable bonds is 6. The zero-order chi connectivity index (χ0) is 19.2. The number of anilines is 1. The van der Waals surface area contributed by atoms with E-state index in [0.717, 1.165) is 51.3 Å². The Hall–Kier alpha value is -1.29. The molecule has 0 aromatic carbocycles. The number of aromatic nitrogens is 2. The Labute approximate surface area is 189 Å². The van der Waals surface area contributed by atoms with Crippen molar-refractivity contribution in [2.24, 2.45) is 12.0 Å². The Morgan fingerprint density at radius 3 is 2.61 bits per heavy atom. The van der Waals surface area contributed by atoms with Gasteiger partial charge in [0.1, 0.15) is 0 Å². The molecule has 1 aliphatic heterocycles. The van der Waals surface area contributed by atoms with Crippen molar-refractivity contribution in [3.8, 4) is 0 Å². The first kappa shape index (κ1) is 23.0. The van der Waals surface area contributed by atoms with Gasteiger partial charge in [0.15, 0.2) is 5.96 Å². The van der Waals surface area contributed by atoms with E-state index in [4.69, 9.17) is 0 Å². The molecule has 0 bridgehead atoms. The van der Waals surface area contributed by atoms with E-state index in [0.29, 0.717) is 6.04 Å². The van der Waals surface area contributed by atoms with Crippen molar-refractivity contribution in [3.63, 3.8) is 0 Å². The van der Waals surface area contributed by atoms with Gasteiger partial charge in [-0.3, -0.25) is 9.67 Å². The molecule has 28 heavy (non-hydrogen) atoms. The standard InChI is InChI=1S/C20H32N6S.HI/c1-5-17-16(18(6-2)25(4)24-17)14-22-20(21-3)23-15-9-11-26(12-10-15)19-8-7-13-27-19;/h7-8,13,15H,5-6,9-12,14H2,1-4H3,(H2,21,22,23);1H. The fraction of sp³-hybridized carbons (Fsp3) is 0.600. The number of nitrogens with one attached hydrogen (secondary N) is 2. The molecular formula is C20H33IN6S. The van der Waals surface area contributed by atoms with Gasteiger partial charge in [-0.25, -0.2) is 0 Å². The number of hydrogen-bond donors (Lipinski definition) is 2. The predicted octanol–water partition coefficient (Wildman–Crippen LogP) is 3.56. The second-order valence-corrected chi connectivity index (χ2v) is 7.91. The number of aryl methyl sites for hydroxylation is 2. The van der Waals surface area contributed by atoms with Crippen LogP contribution in [0, 0.1) is 0 Å². The van der Waals surface area contributed by atoms with Crippen LogP contribution >= 0.6 is 35.3 Å². The van der Waals surface area contributed by atoms with Crippen LogP contribution in [0.15, 0.2) is 22.5 Å². The molecule has 2 N–H and O–H groups in total. The molecule has 0 aliphatic carbocycles. The lowest BCUT2D eigenvalue weighted by Gasteiger charge is -2.33. The van der Waals surface area contributed by atoms with E-state index >= 15 is 0 Å². The summed E-state index contributed by atoms with van der Waals surface area (Å²) in [5.41, 5.74) is 3.80. The van der Waals surface area contributed by atoms with E-state index in [2.05, 4.69) is 57.0 Å². The molecule has 2 aromatic heterocycles. The van der Waals surface area contributed by atoms with Crippen molar-refractivity contribution in [3.05, 3.63) is 34.5 Å². The Morgan fingerprint density at radius 1 is 1.29 bits per heavy atom. The molecule has 0 spiro atoms. The molecule has 0 amide bonds. The zero-order valence-corrected chi connectivity index (χ0v) is 20.5. The highest BCUT2D eigenvalue weighted by Crippen LogP contribution is 2.24. The molecule has 1 saturated heterocycles. The van der Waals surface area contributed by atoms with Gasteiger partial charge in [0.2, 0.25) is 0 Å². The normalized spacial score (nSPS) is 15.4. The number of thiophene rings is 1. The summed E-state index contributed by atoms with van der Waals surface area (Å²) in [5, 5.41) is 15.3. The summed E-state index contributed by atoms with van der Waals surface area (Å²) in [6.45, 7) is 7.32. The molecule has 0 saturated carbocycles. The van der Waals surface area contributed by atoms with Gasteiger partial charge in [0.05, 0.1) is 10.7 Å². The van der Waals surface area contributed by atoms with Crippen LogP contribution in [0.25, 0.3) is 0 Å². The second kappa shape index (κ2) is 11.0. The lowest BCUT2D eigenvalue weighted by Crippen LogP contribution is -2.48. The van der Waals surface area contributed by atoms with E-state index in [1.54, 1.807) is 0 Å². The van der Waals surface area contributed by atoms with Crippen molar-refractivity contribution in [1.82, 2.24) is 20.4 Å². The molecule has 156 valence electrons. The summed E-state index contributed by atoms with van der Waals surface area (Å²) in [4.78, 5) is 6.92. The Kier molecular flexibility index (Phi) is 9.07. The van der Waals surface area contributed by atoms with Crippen molar-refractivity contribution in [2.75, 3.05) is 25.0 Å². The van der Waals surface area contributed by atoms with Crippen LogP contribution < -0.4 is 15.5 Å². The minimum absolute atomic E-state index is 0. The van der Waals surface area contributed by atoms with Gasteiger partial charge in [-0.05, 0) is 43.2 Å². The Balaban J connectivity index is 0.00000280. The smallest absolute Gasteiger partial charge is 0.191 e. The van der Waals surface area contributed by atoms with Gasteiger partial charge < -0.3 is 15.5 Å². The van der Waals surface area contributed by atoms with Crippen LogP contribution in [0.5, 0.6) is 0 Å². The molecule has 8 heteroatoms. The van der Waals surface area contributed by atoms with Gasteiger partial charge in [0, 0.05) is 51.0 Å². The van der Waals surface area contributed by atoms with Crippen LogP contribution in [0.1, 0.15) is 43.6 Å². The summed E-state index contributed by atoms with van der Waals surface area (Å²) in [6, 6.07) is 4.81. The predicted molar refractivity (Wildman–Crippen MR) is 130 cm³/mol. The highest BCUT2D eigenvalue weighted by molar-refractivity contribution is 14.0. The van der Waals surface area contributed by atoms with Crippen molar-refractivity contribution in [2.45, 2.75) is 52.1 Å². The van der Waals surface area contributed by atoms with E-state index in [1.165, 1.54) is 22.0 Å².